The van der Waals surface area contributed by atoms with Crippen molar-refractivity contribution in [2.75, 3.05) is 26.5 Å². The lowest BCUT2D eigenvalue weighted by Gasteiger charge is -2.16. The summed E-state index contributed by atoms with van der Waals surface area (Å²) in [4.78, 5) is 12.5. The molecule has 0 radical (unpaired) electrons. The highest BCUT2D eigenvalue weighted by Gasteiger charge is 2.23. The van der Waals surface area contributed by atoms with E-state index in [1.54, 1.807) is 12.3 Å². The van der Waals surface area contributed by atoms with Gasteiger partial charge in [-0.15, -0.1) is 0 Å². The van der Waals surface area contributed by atoms with Gasteiger partial charge in [-0.2, -0.15) is 0 Å². The lowest BCUT2D eigenvalue weighted by atomic mass is 10.1. The largest absolute Gasteiger partial charge is 0.495 e. The number of furan rings is 1. The van der Waals surface area contributed by atoms with Crippen LogP contribution >= 0.6 is 0 Å². The average Bonchev–Trinajstić information content (AvgIpc) is 3.03. The molecule has 2 aromatic carbocycles. The van der Waals surface area contributed by atoms with E-state index in [2.05, 4.69) is 5.32 Å². The number of methoxy groups -OCH3 is 1. The summed E-state index contributed by atoms with van der Waals surface area (Å²) in [5.74, 6) is -0.0652. The van der Waals surface area contributed by atoms with Crippen LogP contribution in [0, 0.1) is 6.92 Å². The van der Waals surface area contributed by atoms with Crippen LogP contribution in [0.5, 0.6) is 5.75 Å². The quantitative estimate of drug-likeness (QED) is 0.684. The van der Waals surface area contributed by atoms with Gasteiger partial charge in [-0.25, -0.2) is 12.7 Å². The maximum atomic E-state index is 12.5. The number of sulfonamides is 1. The molecule has 148 valence electrons. The molecule has 0 fully saturated rings. The Morgan fingerprint density at radius 1 is 1.18 bits per heavy atom. The Labute approximate surface area is 163 Å². The normalized spacial score (nSPS) is 11.8. The second-order valence-corrected chi connectivity index (χ2v) is 8.76. The Hall–Kier alpha value is -2.84. The SMILES string of the molecule is COc1ccc(NC(=O)Cc2coc3cc(C)ccc23)cc1S(=O)(=O)N(C)C. The van der Waals surface area contributed by atoms with Crippen LogP contribution in [0.15, 0.2) is 52.0 Å². The Morgan fingerprint density at radius 2 is 1.93 bits per heavy atom. The van der Waals surface area contributed by atoms with Gasteiger partial charge in [0.15, 0.2) is 0 Å². The summed E-state index contributed by atoms with van der Waals surface area (Å²) < 4.78 is 36.8. The van der Waals surface area contributed by atoms with E-state index in [9.17, 15) is 13.2 Å². The van der Waals surface area contributed by atoms with Gasteiger partial charge in [0.1, 0.15) is 16.2 Å². The summed E-state index contributed by atoms with van der Waals surface area (Å²) in [6.07, 6.45) is 1.68. The van der Waals surface area contributed by atoms with Crippen LogP contribution in [0.4, 0.5) is 5.69 Å². The Bertz CT molecular complexity index is 1130. The van der Waals surface area contributed by atoms with Gasteiger partial charge in [0, 0.05) is 30.7 Å². The minimum absolute atomic E-state index is 0.0120. The molecule has 1 amide bonds. The zero-order valence-corrected chi connectivity index (χ0v) is 17.0. The molecule has 0 spiro atoms. The van der Waals surface area contributed by atoms with E-state index in [4.69, 9.17) is 9.15 Å². The number of carbonyl (C=O) groups excluding carboxylic acids is 1. The first-order chi connectivity index (χ1) is 13.2. The van der Waals surface area contributed by atoms with Crippen LogP contribution in [-0.4, -0.2) is 39.8 Å². The zero-order valence-electron chi connectivity index (χ0n) is 16.1. The number of nitrogens with zero attached hydrogens (tertiary/aromatic N) is 1. The molecule has 0 aliphatic carbocycles. The second kappa shape index (κ2) is 7.65. The first kappa shape index (κ1) is 19.9. The molecule has 0 atom stereocenters. The number of fused-ring (bicyclic) bond motifs is 1. The second-order valence-electron chi connectivity index (χ2n) is 6.64. The molecule has 0 aliphatic heterocycles. The number of aryl methyl sites for hydroxylation is 1. The van der Waals surface area contributed by atoms with Crippen molar-refractivity contribution in [1.29, 1.82) is 0 Å². The minimum Gasteiger partial charge on any atom is -0.495 e. The van der Waals surface area contributed by atoms with Crippen LogP contribution in [0.25, 0.3) is 11.0 Å². The van der Waals surface area contributed by atoms with E-state index in [-0.39, 0.29) is 23.0 Å². The molecule has 1 heterocycles. The molecule has 0 unspecified atom stereocenters. The highest BCUT2D eigenvalue weighted by Crippen LogP contribution is 2.29. The highest BCUT2D eigenvalue weighted by atomic mass is 32.2. The van der Waals surface area contributed by atoms with Gasteiger partial charge in [0.2, 0.25) is 15.9 Å². The lowest BCUT2D eigenvalue weighted by Crippen LogP contribution is -2.23. The Kier molecular flexibility index (Phi) is 5.44. The summed E-state index contributed by atoms with van der Waals surface area (Å²) in [5.41, 5.74) is 2.94. The zero-order chi connectivity index (χ0) is 20.5. The van der Waals surface area contributed by atoms with Crippen molar-refractivity contribution < 1.29 is 22.4 Å². The third kappa shape index (κ3) is 3.88. The number of amides is 1. The monoisotopic (exact) mass is 402 g/mol. The number of hydrogen-bond acceptors (Lipinski definition) is 5. The van der Waals surface area contributed by atoms with Gasteiger partial charge in [0.25, 0.3) is 0 Å². The van der Waals surface area contributed by atoms with Crippen molar-refractivity contribution in [2.24, 2.45) is 0 Å². The molecule has 1 aromatic heterocycles. The van der Waals surface area contributed by atoms with Gasteiger partial charge in [-0.05, 0) is 36.8 Å². The highest BCUT2D eigenvalue weighted by molar-refractivity contribution is 7.89. The molecule has 0 bridgehead atoms. The predicted octanol–water partition coefficient (Wildman–Crippen LogP) is 3.18. The van der Waals surface area contributed by atoms with Crippen LogP contribution < -0.4 is 10.1 Å². The van der Waals surface area contributed by atoms with E-state index in [0.717, 1.165) is 26.4 Å². The minimum atomic E-state index is -3.72. The van der Waals surface area contributed by atoms with Gasteiger partial charge in [-0.3, -0.25) is 4.79 Å². The fourth-order valence-corrected chi connectivity index (χ4v) is 3.93. The predicted molar refractivity (Wildman–Crippen MR) is 107 cm³/mol. The first-order valence-electron chi connectivity index (χ1n) is 8.59. The van der Waals surface area contributed by atoms with Crippen molar-refractivity contribution in [3.05, 3.63) is 53.8 Å². The molecular weight excluding hydrogens is 380 g/mol. The van der Waals surface area contributed by atoms with E-state index < -0.39 is 10.0 Å². The molecule has 8 heteroatoms. The van der Waals surface area contributed by atoms with Crippen molar-refractivity contribution >= 4 is 32.6 Å². The lowest BCUT2D eigenvalue weighted by molar-refractivity contribution is -0.115. The molecule has 1 N–H and O–H groups in total. The molecule has 7 nitrogen and oxygen atoms in total. The summed E-state index contributed by atoms with van der Waals surface area (Å²) in [7, 11) is 0.551. The number of ether oxygens (including phenoxy) is 1. The van der Waals surface area contributed by atoms with Crippen molar-refractivity contribution in [2.45, 2.75) is 18.2 Å². The molecule has 28 heavy (non-hydrogen) atoms. The third-order valence-electron chi connectivity index (χ3n) is 4.37. The van der Waals surface area contributed by atoms with Crippen LogP contribution in [0.2, 0.25) is 0 Å². The number of nitrogens with one attached hydrogen (secondary N) is 1. The number of benzene rings is 2. The number of hydrogen-bond donors (Lipinski definition) is 1. The van der Waals surface area contributed by atoms with Crippen molar-refractivity contribution in [3.63, 3.8) is 0 Å². The summed E-state index contributed by atoms with van der Waals surface area (Å²) >= 11 is 0. The van der Waals surface area contributed by atoms with E-state index >= 15 is 0 Å². The maximum absolute atomic E-state index is 12.5. The summed E-state index contributed by atoms with van der Waals surface area (Å²) in [6, 6.07) is 10.3. The third-order valence-corrected chi connectivity index (χ3v) is 6.20. The number of anilines is 1. The Balaban J connectivity index is 1.84. The summed E-state index contributed by atoms with van der Waals surface area (Å²) in [5, 5.41) is 3.62. The molecule has 0 saturated carbocycles. The summed E-state index contributed by atoms with van der Waals surface area (Å²) in [6.45, 7) is 1.97. The van der Waals surface area contributed by atoms with Crippen LogP contribution in [0.1, 0.15) is 11.1 Å². The van der Waals surface area contributed by atoms with E-state index in [1.165, 1.54) is 33.3 Å². The van der Waals surface area contributed by atoms with Crippen LogP contribution in [0.3, 0.4) is 0 Å². The van der Waals surface area contributed by atoms with Crippen LogP contribution in [-0.2, 0) is 21.2 Å². The van der Waals surface area contributed by atoms with Crippen molar-refractivity contribution in [3.8, 4) is 5.75 Å². The molecule has 0 aliphatic rings. The maximum Gasteiger partial charge on any atom is 0.246 e. The Morgan fingerprint density at radius 3 is 2.61 bits per heavy atom. The van der Waals surface area contributed by atoms with Gasteiger partial charge in [0.05, 0.1) is 19.8 Å². The van der Waals surface area contributed by atoms with Gasteiger partial charge >= 0.3 is 0 Å². The standard InChI is InChI=1S/C20H22N2O5S/c1-13-5-7-16-14(12-27-18(16)9-13)10-20(23)21-15-6-8-17(26-4)19(11-15)28(24,25)22(2)3/h5-9,11-12H,10H2,1-4H3,(H,21,23). The van der Waals surface area contributed by atoms with Gasteiger partial charge in [-0.1, -0.05) is 12.1 Å². The molecule has 3 aromatic rings. The van der Waals surface area contributed by atoms with E-state index in [0.29, 0.717) is 5.69 Å². The molecule has 0 saturated heterocycles. The average molecular weight is 402 g/mol. The smallest absolute Gasteiger partial charge is 0.246 e. The number of rotatable bonds is 6. The molecular formula is C20H22N2O5S. The topological polar surface area (TPSA) is 88.8 Å². The fraction of sp³-hybridized carbons (Fsp3) is 0.250. The van der Waals surface area contributed by atoms with Crippen molar-refractivity contribution in [1.82, 2.24) is 4.31 Å². The first-order valence-corrected chi connectivity index (χ1v) is 10.0. The number of carbonyl (C=O) groups is 1. The van der Waals surface area contributed by atoms with E-state index in [1.807, 2.05) is 25.1 Å². The fourth-order valence-electron chi connectivity index (χ4n) is 2.86. The molecule has 3 rings (SSSR count). The van der Waals surface area contributed by atoms with Gasteiger partial charge < -0.3 is 14.5 Å².